The first-order valence-corrected chi connectivity index (χ1v) is 18.6. The van der Waals surface area contributed by atoms with E-state index in [9.17, 15) is 18.0 Å². The van der Waals surface area contributed by atoms with E-state index in [1.165, 1.54) is 10.7 Å². The summed E-state index contributed by atoms with van der Waals surface area (Å²) >= 11 is 3.48. The molecule has 0 saturated heterocycles. The van der Waals surface area contributed by atoms with Crippen molar-refractivity contribution in [3.8, 4) is 11.5 Å². The number of nitrogens with zero attached hydrogens (tertiary/aromatic N) is 2. The zero-order valence-electron chi connectivity index (χ0n) is 26.2. The number of anilines is 1. The summed E-state index contributed by atoms with van der Waals surface area (Å²) in [6.45, 7) is 1.16. The molecule has 1 N–H and O–H groups in total. The highest BCUT2D eigenvalue weighted by Crippen LogP contribution is 2.35. The maximum absolute atomic E-state index is 14.1. The van der Waals surface area contributed by atoms with Crippen molar-refractivity contribution in [2.75, 3.05) is 30.3 Å². The number of carbonyl (C=O) groups excluding carboxylic acids is 2. The maximum atomic E-state index is 14.1. The first-order chi connectivity index (χ1) is 22.2. The summed E-state index contributed by atoms with van der Waals surface area (Å²) in [5.41, 5.74) is 2.30. The lowest BCUT2D eigenvalue weighted by molar-refractivity contribution is -0.141. The van der Waals surface area contributed by atoms with Crippen LogP contribution in [0.25, 0.3) is 0 Å². The van der Waals surface area contributed by atoms with Crippen LogP contribution in [0.5, 0.6) is 11.5 Å². The fraction of sp³-hybridized carbons (Fsp3) is 0.429. The summed E-state index contributed by atoms with van der Waals surface area (Å²) in [5, 5.41) is 3.26. The van der Waals surface area contributed by atoms with Crippen molar-refractivity contribution < 1.29 is 27.5 Å². The Morgan fingerprint density at radius 1 is 0.913 bits per heavy atom. The van der Waals surface area contributed by atoms with E-state index in [4.69, 9.17) is 9.47 Å². The molecule has 1 unspecified atom stereocenters. The summed E-state index contributed by atoms with van der Waals surface area (Å²) in [7, 11) is -3.66. The van der Waals surface area contributed by atoms with E-state index in [1.54, 1.807) is 23.1 Å². The number of hydrogen-bond donors (Lipinski definition) is 1. The Labute approximate surface area is 280 Å². The molecule has 2 amide bonds. The molecule has 2 aliphatic rings. The van der Waals surface area contributed by atoms with Gasteiger partial charge in [0.05, 0.1) is 11.9 Å². The Bertz CT molecular complexity index is 1580. The Morgan fingerprint density at radius 3 is 2.30 bits per heavy atom. The summed E-state index contributed by atoms with van der Waals surface area (Å²) in [5.74, 6) is 0.688. The summed E-state index contributed by atoms with van der Waals surface area (Å²) in [6, 6.07) is 21.9. The number of amides is 2. The molecular formula is C35H42BrN3O6S. The number of benzene rings is 3. The predicted octanol–water partition coefficient (Wildman–Crippen LogP) is 5.86. The van der Waals surface area contributed by atoms with Gasteiger partial charge in [-0.25, -0.2) is 8.42 Å². The summed E-state index contributed by atoms with van der Waals surface area (Å²) < 4.78 is 39.2. The molecule has 1 heterocycles. The highest BCUT2D eigenvalue weighted by Gasteiger charge is 2.32. The standard InChI is InChI=1S/C35H42BrN3O6S/c1-46(42,43)39(30-18-19-32-33(24-30)45-22-21-44-32)20-8-13-34(40)38(25-27-14-16-28(36)17-15-27)31(23-26-9-4-2-5-10-26)35(41)37-29-11-6-3-7-12-29/h2,4-5,9-10,14-19,24,29,31H,3,6-8,11-13,20-23,25H2,1H3,(H,37,41). The smallest absolute Gasteiger partial charge is 0.243 e. The van der Waals surface area contributed by atoms with Crippen molar-refractivity contribution in [3.05, 3.63) is 88.4 Å². The number of sulfonamides is 1. The molecule has 0 spiro atoms. The highest BCUT2D eigenvalue weighted by molar-refractivity contribution is 9.10. The van der Waals surface area contributed by atoms with Gasteiger partial charge in [-0.15, -0.1) is 0 Å². The normalized spacial score (nSPS) is 15.5. The number of fused-ring (bicyclic) bond motifs is 1. The van der Waals surface area contributed by atoms with Gasteiger partial charge in [0, 0.05) is 42.5 Å². The molecule has 5 rings (SSSR count). The zero-order chi connectivity index (χ0) is 32.5. The molecule has 1 aliphatic carbocycles. The van der Waals surface area contributed by atoms with E-state index >= 15 is 0 Å². The van der Waals surface area contributed by atoms with Gasteiger partial charge in [-0.3, -0.25) is 13.9 Å². The van der Waals surface area contributed by atoms with E-state index in [0.717, 1.165) is 47.5 Å². The van der Waals surface area contributed by atoms with Crippen LogP contribution in [0.2, 0.25) is 0 Å². The zero-order valence-corrected chi connectivity index (χ0v) is 28.6. The monoisotopic (exact) mass is 711 g/mol. The number of carbonyl (C=O) groups is 2. The van der Waals surface area contributed by atoms with Gasteiger partial charge in [0.25, 0.3) is 0 Å². The molecule has 246 valence electrons. The van der Waals surface area contributed by atoms with Crippen molar-refractivity contribution in [1.82, 2.24) is 10.2 Å². The number of nitrogens with one attached hydrogen (secondary N) is 1. The van der Waals surface area contributed by atoms with Gasteiger partial charge >= 0.3 is 0 Å². The van der Waals surface area contributed by atoms with Gasteiger partial charge < -0.3 is 19.7 Å². The molecule has 9 nitrogen and oxygen atoms in total. The van der Waals surface area contributed by atoms with Crippen molar-refractivity contribution in [1.29, 1.82) is 0 Å². The van der Waals surface area contributed by atoms with Gasteiger partial charge in [-0.1, -0.05) is 77.7 Å². The molecule has 3 aromatic rings. The van der Waals surface area contributed by atoms with E-state index in [1.807, 2.05) is 54.6 Å². The number of hydrogen-bond acceptors (Lipinski definition) is 6. The van der Waals surface area contributed by atoms with E-state index in [2.05, 4.69) is 21.2 Å². The SMILES string of the molecule is CS(=O)(=O)N(CCCC(=O)N(Cc1ccc(Br)cc1)C(Cc1ccccc1)C(=O)NC1CCCCC1)c1ccc2c(c1)OCCO2. The quantitative estimate of drug-likeness (QED) is 0.238. The van der Waals surface area contributed by atoms with Crippen molar-refractivity contribution in [3.63, 3.8) is 0 Å². The predicted molar refractivity (Wildman–Crippen MR) is 182 cm³/mol. The summed E-state index contributed by atoms with van der Waals surface area (Å²) in [6.07, 6.45) is 7.05. The molecule has 1 aliphatic heterocycles. The van der Waals surface area contributed by atoms with Crippen LogP contribution in [0.3, 0.4) is 0 Å². The van der Waals surface area contributed by atoms with Gasteiger partial charge in [0.1, 0.15) is 19.3 Å². The van der Waals surface area contributed by atoms with Crippen LogP contribution in [-0.4, -0.2) is 63.2 Å². The average molecular weight is 713 g/mol. The highest BCUT2D eigenvalue weighted by atomic mass is 79.9. The third kappa shape index (κ3) is 9.25. The van der Waals surface area contributed by atoms with Crippen LogP contribution in [-0.2, 0) is 32.6 Å². The lowest BCUT2D eigenvalue weighted by Crippen LogP contribution is -2.52. The first kappa shape index (κ1) is 33.8. The Balaban J connectivity index is 1.37. The molecule has 3 aromatic carbocycles. The first-order valence-electron chi connectivity index (χ1n) is 15.9. The van der Waals surface area contributed by atoms with Crippen molar-refractivity contribution >= 4 is 43.5 Å². The van der Waals surface area contributed by atoms with Crippen LogP contribution < -0.4 is 19.1 Å². The number of rotatable bonds is 13. The molecule has 1 atom stereocenters. The third-order valence-electron chi connectivity index (χ3n) is 8.45. The molecule has 1 saturated carbocycles. The molecule has 46 heavy (non-hydrogen) atoms. The van der Waals surface area contributed by atoms with E-state index in [0.29, 0.717) is 36.8 Å². The van der Waals surface area contributed by atoms with Gasteiger partial charge in [-0.05, 0) is 54.7 Å². The van der Waals surface area contributed by atoms with Gasteiger partial charge in [-0.2, -0.15) is 0 Å². The molecule has 11 heteroatoms. The van der Waals surface area contributed by atoms with Crippen LogP contribution in [0.15, 0.2) is 77.3 Å². The fourth-order valence-electron chi connectivity index (χ4n) is 6.08. The van der Waals surface area contributed by atoms with Crippen LogP contribution in [0.1, 0.15) is 56.1 Å². The maximum Gasteiger partial charge on any atom is 0.243 e. The van der Waals surface area contributed by atoms with E-state index in [-0.39, 0.29) is 43.8 Å². The number of halogens is 1. The average Bonchev–Trinajstić information content (AvgIpc) is 3.05. The Kier molecular flexibility index (Phi) is 11.6. The Morgan fingerprint density at radius 2 is 1.61 bits per heavy atom. The fourth-order valence-corrected chi connectivity index (χ4v) is 7.30. The lowest BCUT2D eigenvalue weighted by atomic mass is 9.94. The number of ether oxygens (including phenoxy) is 2. The second kappa shape index (κ2) is 15.8. The lowest BCUT2D eigenvalue weighted by Gasteiger charge is -2.34. The van der Waals surface area contributed by atoms with E-state index < -0.39 is 16.1 Å². The molecule has 1 fully saturated rings. The van der Waals surface area contributed by atoms with Crippen molar-refractivity contribution in [2.24, 2.45) is 0 Å². The minimum absolute atomic E-state index is 0.0646. The molecule has 0 bridgehead atoms. The molecular weight excluding hydrogens is 670 g/mol. The van der Waals surface area contributed by atoms with Crippen LogP contribution in [0, 0.1) is 0 Å². The third-order valence-corrected chi connectivity index (χ3v) is 10.2. The minimum Gasteiger partial charge on any atom is -0.486 e. The second-order valence-electron chi connectivity index (χ2n) is 12.0. The van der Waals surface area contributed by atoms with Gasteiger partial charge in [0.15, 0.2) is 11.5 Å². The second-order valence-corrected chi connectivity index (χ2v) is 14.8. The van der Waals surface area contributed by atoms with Crippen molar-refractivity contribution in [2.45, 2.75) is 70.0 Å². The largest absolute Gasteiger partial charge is 0.486 e. The minimum atomic E-state index is -3.66. The summed E-state index contributed by atoms with van der Waals surface area (Å²) in [4.78, 5) is 29.8. The van der Waals surface area contributed by atoms with Crippen LogP contribution in [0.4, 0.5) is 5.69 Å². The molecule has 0 aromatic heterocycles. The molecule has 0 radical (unpaired) electrons. The van der Waals surface area contributed by atoms with Crippen LogP contribution >= 0.6 is 15.9 Å². The van der Waals surface area contributed by atoms with Gasteiger partial charge in [0.2, 0.25) is 21.8 Å². The Hall–Kier alpha value is -3.57. The topological polar surface area (TPSA) is 105 Å².